The number of benzene rings is 1. The summed E-state index contributed by atoms with van der Waals surface area (Å²) in [5, 5.41) is 0. The molecule has 0 N–H and O–H groups in total. The molecule has 0 fully saturated rings. The molecule has 0 saturated carbocycles. The molecular weight excluding hydrogens is 224 g/mol. The zero-order valence-corrected chi connectivity index (χ0v) is 13.1. The molecule has 0 atom stereocenters. The maximum Gasteiger partial charge on any atom is 0.0515 e. The van der Waals surface area contributed by atoms with Crippen molar-refractivity contribution in [1.29, 1.82) is 0 Å². The van der Waals surface area contributed by atoms with Crippen molar-refractivity contribution in [2.45, 2.75) is 50.4 Å². The molecule has 1 aromatic rings. The summed E-state index contributed by atoms with van der Waals surface area (Å²) in [6.07, 6.45) is 0. The standard InChI is InChI=1S/C14H24Si2/c1-15(2)9-10-16(3,4)12-14-8-6-5-7-13(14)11-15/h5-8H,9-12H2,1-4H3. The van der Waals surface area contributed by atoms with Gasteiger partial charge >= 0.3 is 0 Å². The van der Waals surface area contributed by atoms with Gasteiger partial charge in [-0.25, -0.2) is 0 Å². The first-order valence-corrected chi connectivity index (χ1v) is 13.3. The first kappa shape index (κ1) is 12.1. The highest BCUT2D eigenvalue weighted by Gasteiger charge is 2.31. The van der Waals surface area contributed by atoms with Crippen molar-refractivity contribution in [3.8, 4) is 0 Å². The second-order valence-corrected chi connectivity index (χ2v) is 17.3. The maximum atomic E-state index is 2.57. The van der Waals surface area contributed by atoms with Gasteiger partial charge in [-0.15, -0.1) is 0 Å². The molecule has 16 heavy (non-hydrogen) atoms. The van der Waals surface area contributed by atoms with Gasteiger partial charge in [-0.1, -0.05) is 62.5 Å². The lowest BCUT2D eigenvalue weighted by molar-refractivity contribution is 1.10. The summed E-state index contributed by atoms with van der Waals surface area (Å²) in [7, 11) is -1.96. The van der Waals surface area contributed by atoms with Crippen molar-refractivity contribution >= 4 is 16.1 Å². The number of fused-ring (bicyclic) bond motifs is 1. The summed E-state index contributed by atoms with van der Waals surface area (Å²) < 4.78 is 0. The summed E-state index contributed by atoms with van der Waals surface area (Å²) in [4.78, 5) is 0. The Labute approximate surface area is 102 Å². The Hall–Kier alpha value is -0.346. The zero-order chi connectivity index (χ0) is 11.8. The van der Waals surface area contributed by atoms with Crippen LogP contribution in [0.5, 0.6) is 0 Å². The van der Waals surface area contributed by atoms with Gasteiger partial charge in [-0.3, -0.25) is 0 Å². The third kappa shape index (κ3) is 2.86. The second kappa shape index (κ2) is 4.15. The highest BCUT2D eigenvalue weighted by molar-refractivity contribution is 6.82. The van der Waals surface area contributed by atoms with Gasteiger partial charge in [0.05, 0.1) is 16.1 Å². The monoisotopic (exact) mass is 248 g/mol. The van der Waals surface area contributed by atoms with Crippen LogP contribution in [0.2, 0.25) is 38.3 Å². The molecular formula is C14H24Si2. The lowest BCUT2D eigenvalue weighted by atomic mass is 10.1. The van der Waals surface area contributed by atoms with E-state index in [4.69, 9.17) is 0 Å². The number of rotatable bonds is 0. The molecule has 1 aliphatic heterocycles. The van der Waals surface area contributed by atoms with E-state index in [1.807, 2.05) is 0 Å². The molecule has 0 bridgehead atoms. The molecule has 0 spiro atoms. The number of hydrogen-bond acceptors (Lipinski definition) is 0. The van der Waals surface area contributed by atoms with E-state index < -0.39 is 16.1 Å². The van der Waals surface area contributed by atoms with Crippen molar-refractivity contribution in [3.05, 3.63) is 35.4 Å². The quantitative estimate of drug-likeness (QED) is 0.601. The van der Waals surface area contributed by atoms with E-state index >= 15 is 0 Å². The molecule has 0 amide bonds. The van der Waals surface area contributed by atoms with Crippen LogP contribution in [-0.2, 0) is 12.1 Å². The summed E-state index contributed by atoms with van der Waals surface area (Å²) >= 11 is 0. The average Bonchev–Trinajstić information content (AvgIpc) is 2.17. The normalized spacial score (nSPS) is 23.0. The molecule has 1 heterocycles. The number of hydrogen-bond donors (Lipinski definition) is 0. The first-order chi connectivity index (χ1) is 7.38. The van der Waals surface area contributed by atoms with E-state index in [9.17, 15) is 0 Å². The Morgan fingerprint density at radius 2 is 1.12 bits per heavy atom. The van der Waals surface area contributed by atoms with Gasteiger partial charge in [0.25, 0.3) is 0 Å². The zero-order valence-electron chi connectivity index (χ0n) is 11.1. The van der Waals surface area contributed by atoms with Crippen LogP contribution in [-0.4, -0.2) is 16.1 Å². The molecule has 1 aliphatic rings. The minimum Gasteiger partial charge on any atom is -0.0691 e. The van der Waals surface area contributed by atoms with Crippen LogP contribution < -0.4 is 0 Å². The van der Waals surface area contributed by atoms with Crippen LogP contribution in [0.4, 0.5) is 0 Å². The predicted molar refractivity (Wildman–Crippen MR) is 78.4 cm³/mol. The largest absolute Gasteiger partial charge is 0.0691 e. The smallest absolute Gasteiger partial charge is 0.0515 e. The van der Waals surface area contributed by atoms with Gasteiger partial charge in [-0.05, 0) is 23.2 Å². The van der Waals surface area contributed by atoms with Crippen molar-refractivity contribution in [3.63, 3.8) is 0 Å². The fourth-order valence-corrected chi connectivity index (χ4v) is 11.3. The third-order valence-corrected chi connectivity index (χ3v) is 10.3. The minimum atomic E-state index is -0.978. The topological polar surface area (TPSA) is 0 Å². The molecule has 2 rings (SSSR count). The molecule has 0 unspecified atom stereocenters. The molecule has 88 valence electrons. The molecule has 0 aliphatic carbocycles. The van der Waals surface area contributed by atoms with Crippen LogP contribution in [0.1, 0.15) is 11.1 Å². The Balaban J connectivity index is 2.39. The molecule has 2 heteroatoms. The molecule has 0 nitrogen and oxygen atoms in total. The Morgan fingerprint density at radius 1 is 0.750 bits per heavy atom. The van der Waals surface area contributed by atoms with E-state index in [-0.39, 0.29) is 0 Å². The van der Waals surface area contributed by atoms with E-state index in [1.165, 1.54) is 12.1 Å². The van der Waals surface area contributed by atoms with Crippen molar-refractivity contribution in [2.75, 3.05) is 0 Å². The first-order valence-electron chi connectivity index (χ1n) is 6.45. The van der Waals surface area contributed by atoms with Crippen molar-refractivity contribution in [2.24, 2.45) is 0 Å². The van der Waals surface area contributed by atoms with Crippen LogP contribution in [0.25, 0.3) is 0 Å². The van der Waals surface area contributed by atoms with Gasteiger partial charge in [0, 0.05) is 0 Å². The van der Waals surface area contributed by atoms with E-state index in [0.29, 0.717) is 0 Å². The van der Waals surface area contributed by atoms with Gasteiger partial charge in [-0.2, -0.15) is 0 Å². The van der Waals surface area contributed by atoms with E-state index in [0.717, 1.165) is 0 Å². The van der Waals surface area contributed by atoms with Gasteiger partial charge in [0.2, 0.25) is 0 Å². The summed E-state index contributed by atoms with van der Waals surface area (Å²) in [6.45, 7) is 10.3. The Bertz CT molecular complexity index is 343. The lowest BCUT2D eigenvalue weighted by Gasteiger charge is -2.33. The molecule has 0 aromatic heterocycles. The SMILES string of the molecule is C[Si]1(C)CC[Si](C)(C)Cc2ccccc2C1. The predicted octanol–water partition coefficient (Wildman–Crippen LogP) is 4.28. The summed E-state index contributed by atoms with van der Waals surface area (Å²) in [5.41, 5.74) is 3.33. The maximum absolute atomic E-state index is 2.57. The van der Waals surface area contributed by atoms with Gasteiger partial charge in [0.1, 0.15) is 0 Å². The Morgan fingerprint density at radius 3 is 1.50 bits per heavy atom. The lowest BCUT2D eigenvalue weighted by Crippen LogP contribution is -2.39. The molecule has 0 saturated heterocycles. The minimum absolute atomic E-state index is 0.978. The van der Waals surface area contributed by atoms with Crippen molar-refractivity contribution in [1.82, 2.24) is 0 Å². The summed E-state index contributed by atoms with van der Waals surface area (Å²) in [6, 6.07) is 15.1. The van der Waals surface area contributed by atoms with Gasteiger partial charge in [0.15, 0.2) is 0 Å². The van der Waals surface area contributed by atoms with Crippen LogP contribution in [0.3, 0.4) is 0 Å². The molecule has 1 aromatic carbocycles. The van der Waals surface area contributed by atoms with Crippen LogP contribution in [0.15, 0.2) is 24.3 Å². The van der Waals surface area contributed by atoms with E-state index in [1.54, 1.807) is 23.2 Å². The average molecular weight is 249 g/mol. The molecule has 0 radical (unpaired) electrons. The fraction of sp³-hybridized carbons (Fsp3) is 0.571. The van der Waals surface area contributed by atoms with Crippen LogP contribution in [0, 0.1) is 0 Å². The Kier molecular flexibility index (Phi) is 3.14. The fourth-order valence-electron chi connectivity index (χ4n) is 2.79. The summed E-state index contributed by atoms with van der Waals surface area (Å²) in [5.74, 6) is 0. The second-order valence-electron chi connectivity index (χ2n) is 6.95. The third-order valence-electron chi connectivity index (χ3n) is 3.93. The van der Waals surface area contributed by atoms with E-state index in [2.05, 4.69) is 50.5 Å². The van der Waals surface area contributed by atoms with Crippen LogP contribution >= 0.6 is 0 Å². The van der Waals surface area contributed by atoms with Crippen molar-refractivity contribution < 1.29 is 0 Å². The van der Waals surface area contributed by atoms with Gasteiger partial charge < -0.3 is 0 Å². The highest BCUT2D eigenvalue weighted by Crippen LogP contribution is 2.30. The highest BCUT2D eigenvalue weighted by atomic mass is 28.3.